The summed E-state index contributed by atoms with van der Waals surface area (Å²) in [6.45, 7) is 4.44. The molecule has 0 aromatic heterocycles. The van der Waals surface area contributed by atoms with Crippen LogP contribution in [0.5, 0.6) is 17.2 Å². The molecule has 1 unspecified atom stereocenters. The summed E-state index contributed by atoms with van der Waals surface area (Å²) >= 11 is 5.99. The van der Waals surface area contributed by atoms with Gasteiger partial charge < -0.3 is 24.4 Å². The van der Waals surface area contributed by atoms with Crippen molar-refractivity contribution < 1.29 is 23.8 Å². The minimum Gasteiger partial charge on any atom is -0.496 e. The number of carbonyl (C=O) groups is 2. The first-order chi connectivity index (χ1) is 15.4. The van der Waals surface area contributed by atoms with Crippen LogP contribution >= 0.6 is 11.6 Å². The first kappa shape index (κ1) is 25.3. The molecule has 2 amide bonds. The molecule has 0 saturated heterocycles. The van der Waals surface area contributed by atoms with E-state index in [9.17, 15) is 9.59 Å². The maximum atomic E-state index is 13.2. The molecule has 0 fully saturated rings. The van der Waals surface area contributed by atoms with Gasteiger partial charge in [0.25, 0.3) is 5.91 Å². The number of methoxy groups -OCH3 is 2. The minimum atomic E-state index is -0.617. The van der Waals surface area contributed by atoms with Crippen LogP contribution < -0.4 is 19.5 Å². The summed E-state index contributed by atoms with van der Waals surface area (Å²) in [7, 11) is 3.08. The molecule has 0 bridgehead atoms. The lowest BCUT2D eigenvalue weighted by molar-refractivity contribution is -0.143. The average molecular weight is 463 g/mol. The van der Waals surface area contributed by atoms with Gasteiger partial charge in [0, 0.05) is 36.3 Å². The van der Waals surface area contributed by atoms with Gasteiger partial charge in [-0.15, -0.1) is 0 Å². The van der Waals surface area contributed by atoms with Crippen molar-refractivity contribution in [3.8, 4) is 17.2 Å². The summed E-state index contributed by atoms with van der Waals surface area (Å²) in [6.07, 6.45) is 1.29. The number of nitrogens with zero attached hydrogens (tertiary/aromatic N) is 1. The third kappa shape index (κ3) is 7.34. The quantitative estimate of drug-likeness (QED) is 0.514. The molecular formula is C24H31ClN2O5. The monoisotopic (exact) mass is 462 g/mol. The molecular weight excluding hydrogens is 432 g/mol. The van der Waals surface area contributed by atoms with Gasteiger partial charge in [-0.2, -0.15) is 0 Å². The molecule has 1 N–H and O–H groups in total. The lowest BCUT2D eigenvalue weighted by Crippen LogP contribution is -2.50. The third-order valence-electron chi connectivity index (χ3n) is 4.89. The molecule has 0 spiro atoms. The molecule has 0 aliphatic rings. The number of hydrogen-bond acceptors (Lipinski definition) is 5. The van der Waals surface area contributed by atoms with Gasteiger partial charge in [-0.1, -0.05) is 37.6 Å². The topological polar surface area (TPSA) is 77.1 Å². The molecule has 174 valence electrons. The number of carbonyl (C=O) groups excluding carboxylic acids is 2. The van der Waals surface area contributed by atoms with E-state index in [4.69, 9.17) is 25.8 Å². The second-order valence-corrected chi connectivity index (χ2v) is 7.64. The number of halogens is 1. The summed E-state index contributed by atoms with van der Waals surface area (Å²) in [4.78, 5) is 27.5. The van der Waals surface area contributed by atoms with E-state index in [1.165, 1.54) is 14.2 Å². The summed E-state index contributed by atoms with van der Waals surface area (Å²) in [5.74, 6) is 1.05. The van der Waals surface area contributed by atoms with Crippen molar-refractivity contribution in [3.63, 3.8) is 0 Å². The first-order valence-electron chi connectivity index (χ1n) is 10.6. The van der Waals surface area contributed by atoms with Crippen molar-refractivity contribution in [3.05, 3.63) is 53.1 Å². The van der Waals surface area contributed by atoms with Gasteiger partial charge in [0.1, 0.15) is 23.3 Å². The maximum absolute atomic E-state index is 13.2. The fraction of sp³-hybridized carbons (Fsp3) is 0.417. The van der Waals surface area contributed by atoms with Crippen LogP contribution in [0.2, 0.25) is 5.02 Å². The summed E-state index contributed by atoms with van der Waals surface area (Å²) < 4.78 is 16.2. The molecule has 0 radical (unpaired) electrons. The SMILES string of the molecule is CCCNC(=O)C(CC)N(Cc1ccc(Cl)cc1)C(=O)COc1cc(OC)cc(OC)c1. The van der Waals surface area contributed by atoms with Gasteiger partial charge in [-0.05, 0) is 30.5 Å². The Labute approximate surface area is 194 Å². The van der Waals surface area contributed by atoms with E-state index in [1.807, 2.05) is 26.0 Å². The van der Waals surface area contributed by atoms with E-state index in [1.54, 1.807) is 35.2 Å². The predicted molar refractivity (Wildman–Crippen MR) is 124 cm³/mol. The van der Waals surface area contributed by atoms with Crippen LogP contribution in [0.15, 0.2) is 42.5 Å². The van der Waals surface area contributed by atoms with E-state index in [-0.39, 0.29) is 25.0 Å². The summed E-state index contributed by atoms with van der Waals surface area (Å²) in [5, 5.41) is 3.50. The smallest absolute Gasteiger partial charge is 0.261 e. The minimum absolute atomic E-state index is 0.181. The molecule has 2 rings (SSSR count). The van der Waals surface area contributed by atoms with Crippen molar-refractivity contribution in [2.75, 3.05) is 27.4 Å². The normalized spacial score (nSPS) is 11.4. The Morgan fingerprint density at radius 2 is 1.59 bits per heavy atom. The van der Waals surface area contributed by atoms with Gasteiger partial charge in [-0.25, -0.2) is 0 Å². The Kier molecular flexibility index (Phi) is 10.1. The van der Waals surface area contributed by atoms with E-state index in [2.05, 4.69) is 5.32 Å². The average Bonchev–Trinajstić information content (AvgIpc) is 2.81. The maximum Gasteiger partial charge on any atom is 0.261 e. The van der Waals surface area contributed by atoms with Crippen molar-refractivity contribution >= 4 is 23.4 Å². The first-order valence-corrected chi connectivity index (χ1v) is 11.0. The zero-order valence-corrected chi connectivity index (χ0v) is 19.8. The third-order valence-corrected chi connectivity index (χ3v) is 5.14. The van der Waals surface area contributed by atoms with Crippen molar-refractivity contribution in [1.82, 2.24) is 10.2 Å². The molecule has 2 aromatic carbocycles. The van der Waals surface area contributed by atoms with Crippen LogP contribution in [0.25, 0.3) is 0 Å². The van der Waals surface area contributed by atoms with Gasteiger partial charge in [0.05, 0.1) is 14.2 Å². The molecule has 2 aromatic rings. The molecule has 1 atom stereocenters. The highest BCUT2D eigenvalue weighted by molar-refractivity contribution is 6.30. The Balaban J connectivity index is 2.22. The van der Waals surface area contributed by atoms with E-state index in [0.29, 0.717) is 35.2 Å². The van der Waals surface area contributed by atoms with Gasteiger partial charge >= 0.3 is 0 Å². The van der Waals surface area contributed by atoms with Crippen molar-refractivity contribution in [1.29, 1.82) is 0 Å². The Hall–Kier alpha value is -2.93. The Bertz CT molecular complexity index is 866. The lowest BCUT2D eigenvalue weighted by atomic mass is 10.1. The largest absolute Gasteiger partial charge is 0.496 e. The fourth-order valence-electron chi connectivity index (χ4n) is 3.16. The highest BCUT2D eigenvalue weighted by Crippen LogP contribution is 2.27. The second-order valence-electron chi connectivity index (χ2n) is 7.20. The zero-order valence-electron chi connectivity index (χ0n) is 19.0. The molecule has 0 heterocycles. The predicted octanol–water partition coefficient (Wildman–Crippen LogP) is 4.07. The van der Waals surface area contributed by atoms with Crippen LogP contribution in [0, 0.1) is 0 Å². The van der Waals surface area contributed by atoms with Gasteiger partial charge in [0.2, 0.25) is 5.91 Å². The summed E-state index contributed by atoms with van der Waals surface area (Å²) in [6, 6.07) is 11.6. The fourth-order valence-corrected chi connectivity index (χ4v) is 3.29. The van der Waals surface area contributed by atoms with E-state index >= 15 is 0 Å². The van der Waals surface area contributed by atoms with Crippen molar-refractivity contribution in [2.24, 2.45) is 0 Å². The number of ether oxygens (including phenoxy) is 3. The molecule has 0 saturated carbocycles. The number of nitrogens with one attached hydrogen (secondary N) is 1. The zero-order chi connectivity index (χ0) is 23.5. The highest BCUT2D eigenvalue weighted by atomic mass is 35.5. The van der Waals surface area contributed by atoms with Crippen LogP contribution in [-0.4, -0.2) is 50.1 Å². The second kappa shape index (κ2) is 12.8. The summed E-state index contributed by atoms with van der Waals surface area (Å²) in [5.41, 5.74) is 0.868. The standard InChI is InChI=1S/C24H31ClN2O5/c1-5-11-26-24(29)22(6-2)27(15-17-7-9-18(25)10-8-17)23(28)16-32-21-13-19(30-3)12-20(14-21)31-4/h7-10,12-14,22H,5-6,11,15-16H2,1-4H3,(H,26,29). The number of rotatable bonds is 12. The molecule has 8 heteroatoms. The van der Waals surface area contributed by atoms with E-state index < -0.39 is 6.04 Å². The molecule has 7 nitrogen and oxygen atoms in total. The lowest BCUT2D eigenvalue weighted by Gasteiger charge is -2.30. The van der Waals surface area contributed by atoms with Gasteiger partial charge in [-0.3, -0.25) is 9.59 Å². The highest BCUT2D eigenvalue weighted by Gasteiger charge is 2.28. The number of benzene rings is 2. The van der Waals surface area contributed by atoms with Gasteiger partial charge in [0.15, 0.2) is 6.61 Å². The Morgan fingerprint density at radius 1 is 1.00 bits per heavy atom. The van der Waals surface area contributed by atoms with Crippen molar-refractivity contribution in [2.45, 2.75) is 39.3 Å². The van der Waals surface area contributed by atoms with Crippen LogP contribution in [0.3, 0.4) is 0 Å². The van der Waals surface area contributed by atoms with Crippen LogP contribution in [0.4, 0.5) is 0 Å². The van der Waals surface area contributed by atoms with E-state index in [0.717, 1.165) is 12.0 Å². The molecule has 32 heavy (non-hydrogen) atoms. The molecule has 0 aliphatic carbocycles. The Morgan fingerprint density at radius 3 is 2.12 bits per heavy atom. The molecule has 0 aliphatic heterocycles. The number of amides is 2. The number of hydrogen-bond donors (Lipinski definition) is 1. The van der Waals surface area contributed by atoms with Crippen LogP contribution in [0.1, 0.15) is 32.3 Å². The van der Waals surface area contributed by atoms with Crippen LogP contribution in [-0.2, 0) is 16.1 Å².